The average molecular weight is 310 g/mol. The van der Waals surface area contributed by atoms with Gasteiger partial charge in [0.1, 0.15) is 0 Å². The van der Waals surface area contributed by atoms with E-state index in [-0.39, 0.29) is 36.7 Å². The molecule has 0 radical (unpaired) electrons. The lowest BCUT2D eigenvalue weighted by Crippen LogP contribution is -2.45. The van der Waals surface area contributed by atoms with Crippen LogP contribution in [0.4, 0.5) is 0 Å². The van der Waals surface area contributed by atoms with Crippen LogP contribution in [0.15, 0.2) is 6.07 Å². The maximum atomic E-state index is 11.8. The Morgan fingerprint density at radius 3 is 2.59 bits per heavy atom. The SMILES string of the molecule is NC(=O)c1c(C2CC(O)C(O)CC2N)cc2c(c1O)OCO2. The van der Waals surface area contributed by atoms with Crippen molar-refractivity contribution < 1.29 is 29.6 Å². The normalized spacial score (nSPS) is 30.3. The number of nitrogens with two attached hydrogens (primary N) is 2. The summed E-state index contributed by atoms with van der Waals surface area (Å²) in [6.07, 6.45) is -1.54. The number of amides is 1. The zero-order valence-electron chi connectivity index (χ0n) is 11.7. The summed E-state index contributed by atoms with van der Waals surface area (Å²) in [5.41, 5.74) is 11.7. The van der Waals surface area contributed by atoms with Gasteiger partial charge in [-0.25, -0.2) is 0 Å². The van der Waals surface area contributed by atoms with E-state index in [1.54, 1.807) is 6.07 Å². The Labute approximate surface area is 126 Å². The molecule has 1 heterocycles. The molecule has 7 N–H and O–H groups in total. The number of aliphatic hydroxyl groups excluding tert-OH is 2. The first-order chi connectivity index (χ1) is 10.4. The minimum absolute atomic E-state index is 0.0669. The maximum absolute atomic E-state index is 11.8. The summed E-state index contributed by atoms with van der Waals surface area (Å²) < 4.78 is 10.4. The van der Waals surface area contributed by atoms with E-state index < -0.39 is 30.1 Å². The van der Waals surface area contributed by atoms with E-state index in [4.69, 9.17) is 20.9 Å². The molecule has 22 heavy (non-hydrogen) atoms. The first-order valence-corrected chi connectivity index (χ1v) is 6.97. The molecule has 0 bridgehead atoms. The first kappa shape index (κ1) is 14.9. The number of hydrogen-bond acceptors (Lipinski definition) is 7. The lowest BCUT2D eigenvalue weighted by Gasteiger charge is -2.36. The average Bonchev–Trinajstić information content (AvgIpc) is 2.91. The monoisotopic (exact) mass is 310 g/mol. The Hall–Kier alpha value is -2.03. The second kappa shape index (κ2) is 5.31. The number of primary amides is 1. The highest BCUT2D eigenvalue weighted by atomic mass is 16.7. The minimum Gasteiger partial charge on any atom is -0.504 e. The van der Waals surface area contributed by atoms with E-state index in [1.807, 2.05) is 0 Å². The quantitative estimate of drug-likeness (QED) is 0.477. The van der Waals surface area contributed by atoms with Crippen molar-refractivity contribution in [2.75, 3.05) is 6.79 Å². The molecule has 1 aliphatic heterocycles. The van der Waals surface area contributed by atoms with Gasteiger partial charge in [-0.3, -0.25) is 4.79 Å². The lowest BCUT2D eigenvalue weighted by molar-refractivity contribution is -0.0210. The molecule has 120 valence electrons. The zero-order chi connectivity index (χ0) is 16.0. The molecule has 1 saturated carbocycles. The van der Waals surface area contributed by atoms with Crippen LogP contribution in [-0.4, -0.2) is 46.3 Å². The van der Waals surface area contributed by atoms with Crippen LogP contribution in [-0.2, 0) is 0 Å². The number of rotatable bonds is 2. The number of fused-ring (bicyclic) bond motifs is 1. The molecule has 1 aliphatic carbocycles. The van der Waals surface area contributed by atoms with E-state index in [0.29, 0.717) is 11.3 Å². The van der Waals surface area contributed by atoms with Gasteiger partial charge in [-0.1, -0.05) is 0 Å². The zero-order valence-corrected chi connectivity index (χ0v) is 11.7. The van der Waals surface area contributed by atoms with Crippen molar-refractivity contribution in [2.45, 2.75) is 37.0 Å². The molecule has 1 aromatic carbocycles. The van der Waals surface area contributed by atoms with Crippen LogP contribution in [0.5, 0.6) is 17.2 Å². The largest absolute Gasteiger partial charge is 0.504 e. The van der Waals surface area contributed by atoms with Crippen LogP contribution in [0.3, 0.4) is 0 Å². The Bertz CT molecular complexity index is 620. The van der Waals surface area contributed by atoms with Crippen LogP contribution < -0.4 is 20.9 Å². The van der Waals surface area contributed by atoms with Crippen LogP contribution in [0.25, 0.3) is 0 Å². The molecule has 8 heteroatoms. The van der Waals surface area contributed by atoms with Gasteiger partial charge in [0.25, 0.3) is 5.91 Å². The lowest BCUT2D eigenvalue weighted by atomic mass is 9.76. The summed E-state index contributed by atoms with van der Waals surface area (Å²) in [7, 11) is 0. The molecule has 2 aliphatic rings. The molecule has 1 aromatic rings. The van der Waals surface area contributed by atoms with E-state index in [9.17, 15) is 20.1 Å². The number of carbonyl (C=O) groups excluding carboxylic acids is 1. The first-order valence-electron chi connectivity index (χ1n) is 6.97. The molecule has 1 amide bonds. The molecule has 8 nitrogen and oxygen atoms in total. The van der Waals surface area contributed by atoms with Gasteiger partial charge in [-0.15, -0.1) is 0 Å². The van der Waals surface area contributed by atoms with Crippen LogP contribution in [0.2, 0.25) is 0 Å². The van der Waals surface area contributed by atoms with Gasteiger partial charge in [-0.2, -0.15) is 0 Å². The summed E-state index contributed by atoms with van der Waals surface area (Å²) in [4.78, 5) is 11.8. The highest BCUT2D eigenvalue weighted by Crippen LogP contribution is 2.47. The van der Waals surface area contributed by atoms with E-state index in [0.717, 1.165) is 0 Å². The summed E-state index contributed by atoms with van der Waals surface area (Å²) in [6, 6.07) is 1.06. The van der Waals surface area contributed by atoms with Gasteiger partial charge in [0.2, 0.25) is 12.5 Å². The number of aromatic hydroxyl groups is 1. The third kappa shape index (κ3) is 2.25. The summed E-state index contributed by atoms with van der Waals surface area (Å²) >= 11 is 0. The van der Waals surface area contributed by atoms with Crippen molar-refractivity contribution in [1.82, 2.24) is 0 Å². The second-order valence-corrected chi connectivity index (χ2v) is 5.66. The fraction of sp³-hybridized carbons (Fsp3) is 0.500. The fourth-order valence-electron chi connectivity index (χ4n) is 3.15. The second-order valence-electron chi connectivity index (χ2n) is 5.66. The number of hydrogen-bond donors (Lipinski definition) is 5. The smallest absolute Gasteiger partial charge is 0.252 e. The maximum Gasteiger partial charge on any atom is 0.252 e. The Kier molecular flexibility index (Phi) is 3.59. The Morgan fingerprint density at radius 2 is 1.91 bits per heavy atom. The van der Waals surface area contributed by atoms with Crippen LogP contribution >= 0.6 is 0 Å². The molecule has 4 unspecified atom stereocenters. The van der Waals surface area contributed by atoms with Crippen molar-refractivity contribution in [3.63, 3.8) is 0 Å². The Morgan fingerprint density at radius 1 is 1.23 bits per heavy atom. The third-order valence-electron chi connectivity index (χ3n) is 4.28. The topological polar surface area (TPSA) is 148 Å². The summed E-state index contributed by atoms with van der Waals surface area (Å²) in [6.45, 7) is -0.0669. The standard InChI is InChI=1S/C14H18N2O6/c15-7-3-9(18)8(17)1-5(7)6-2-10-13(22-4-21-10)12(19)11(6)14(16)20/h2,5,7-9,17-19H,1,3-4,15H2,(H2,16,20). The van der Waals surface area contributed by atoms with Gasteiger partial charge in [-0.05, 0) is 24.5 Å². The van der Waals surface area contributed by atoms with Gasteiger partial charge in [0.15, 0.2) is 11.5 Å². The molecule has 0 aromatic heterocycles. The molecule has 3 rings (SSSR count). The van der Waals surface area contributed by atoms with E-state index >= 15 is 0 Å². The number of carbonyl (C=O) groups is 1. The molecule has 0 saturated heterocycles. The number of phenols is 1. The van der Waals surface area contributed by atoms with Crippen LogP contribution in [0, 0.1) is 0 Å². The van der Waals surface area contributed by atoms with Crippen molar-refractivity contribution in [1.29, 1.82) is 0 Å². The Balaban J connectivity index is 2.10. The molecule has 4 atom stereocenters. The number of ether oxygens (including phenoxy) is 2. The van der Waals surface area contributed by atoms with Crippen molar-refractivity contribution in [3.05, 3.63) is 17.2 Å². The van der Waals surface area contributed by atoms with Gasteiger partial charge in [0.05, 0.1) is 17.8 Å². The third-order valence-corrected chi connectivity index (χ3v) is 4.28. The van der Waals surface area contributed by atoms with Gasteiger partial charge < -0.3 is 36.3 Å². The fourth-order valence-corrected chi connectivity index (χ4v) is 3.15. The molecular weight excluding hydrogens is 292 g/mol. The number of benzene rings is 1. The minimum atomic E-state index is -0.960. The number of aliphatic hydroxyl groups is 2. The van der Waals surface area contributed by atoms with Gasteiger partial charge >= 0.3 is 0 Å². The summed E-state index contributed by atoms with van der Waals surface area (Å²) in [5.74, 6) is -1.28. The molecular formula is C14H18N2O6. The highest BCUT2D eigenvalue weighted by molar-refractivity contribution is 5.99. The molecule has 0 spiro atoms. The van der Waals surface area contributed by atoms with Crippen LogP contribution in [0.1, 0.15) is 34.7 Å². The van der Waals surface area contributed by atoms with Gasteiger partial charge in [0, 0.05) is 12.0 Å². The summed E-state index contributed by atoms with van der Waals surface area (Å²) in [5, 5.41) is 29.8. The predicted octanol–water partition coefficient (Wildman–Crippen LogP) is -0.854. The van der Waals surface area contributed by atoms with Crippen molar-refractivity contribution in [3.8, 4) is 17.2 Å². The van der Waals surface area contributed by atoms with E-state index in [1.165, 1.54) is 0 Å². The van der Waals surface area contributed by atoms with E-state index in [2.05, 4.69) is 0 Å². The van der Waals surface area contributed by atoms with Crippen molar-refractivity contribution in [2.24, 2.45) is 11.5 Å². The highest BCUT2D eigenvalue weighted by Gasteiger charge is 2.38. The predicted molar refractivity (Wildman–Crippen MR) is 74.7 cm³/mol. The molecule has 1 fully saturated rings. The van der Waals surface area contributed by atoms with Crippen molar-refractivity contribution >= 4 is 5.91 Å².